The van der Waals surface area contributed by atoms with E-state index in [0.29, 0.717) is 0 Å². The average molecular weight is 501 g/mol. The van der Waals surface area contributed by atoms with E-state index in [1.165, 1.54) is 39.3 Å². The minimum Gasteiger partial charge on any atom is -1.00 e. The van der Waals surface area contributed by atoms with Crippen LogP contribution in [0, 0.1) is 0 Å². The van der Waals surface area contributed by atoms with Gasteiger partial charge in [-0.05, 0) is 51.3 Å². The zero-order valence-electron chi connectivity index (χ0n) is 24.3. The van der Waals surface area contributed by atoms with Crippen LogP contribution in [-0.4, -0.2) is 5.80 Å². The molecule has 0 atom stereocenters. The van der Waals surface area contributed by atoms with Gasteiger partial charge >= 0.3 is 0 Å². The SMILES string of the molecule is CCCC=[P+](c1ccc(C(C)(C)C)cc1C(C)(C)C)c1ccc(C(C)(C)C)cc1C(C)(C)C.[Cl-]. The highest BCUT2D eigenvalue weighted by atomic mass is 35.5. The Morgan fingerprint density at radius 3 is 1.21 bits per heavy atom. The lowest BCUT2D eigenvalue weighted by Gasteiger charge is -2.27. The fourth-order valence-electron chi connectivity index (χ4n) is 4.21. The maximum Gasteiger partial charge on any atom is 0.166 e. The van der Waals surface area contributed by atoms with Crippen LogP contribution in [0.25, 0.3) is 0 Å². The average Bonchev–Trinajstić information content (AvgIpc) is 2.65. The molecule has 2 aromatic rings. The van der Waals surface area contributed by atoms with Gasteiger partial charge in [0.25, 0.3) is 0 Å². The third kappa shape index (κ3) is 7.45. The second-order valence-corrected chi connectivity index (χ2v) is 15.9. The van der Waals surface area contributed by atoms with Gasteiger partial charge in [0.05, 0.1) is 5.80 Å². The Bertz CT molecular complexity index is 922. The van der Waals surface area contributed by atoms with Gasteiger partial charge in [0.1, 0.15) is 0 Å². The zero-order valence-corrected chi connectivity index (χ0v) is 25.9. The molecule has 2 heteroatoms. The van der Waals surface area contributed by atoms with Crippen LogP contribution in [-0.2, 0) is 21.7 Å². The van der Waals surface area contributed by atoms with Gasteiger partial charge < -0.3 is 12.4 Å². The Kier molecular flexibility index (Phi) is 9.90. The van der Waals surface area contributed by atoms with Crippen LogP contribution in [0.2, 0.25) is 0 Å². The van der Waals surface area contributed by atoms with Crippen molar-refractivity contribution in [3.05, 3.63) is 58.7 Å². The van der Waals surface area contributed by atoms with E-state index in [1.54, 1.807) is 0 Å². The molecule has 34 heavy (non-hydrogen) atoms. The van der Waals surface area contributed by atoms with Crippen molar-refractivity contribution in [3.8, 4) is 0 Å². The Morgan fingerprint density at radius 2 is 0.941 bits per heavy atom. The van der Waals surface area contributed by atoms with Gasteiger partial charge in [-0.1, -0.05) is 114 Å². The molecule has 0 aromatic heterocycles. The molecule has 0 N–H and O–H groups in total. The summed E-state index contributed by atoms with van der Waals surface area (Å²) >= 11 is 0. The zero-order chi connectivity index (χ0) is 25.4. The van der Waals surface area contributed by atoms with E-state index in [0.717, 1.165) is 6.42 Å². The molecule has 0 aliphatic rings. The molecular formula is C32H50ClP. The minimum atomic E-state index is -0.548. The van der Waals surface area contributed by atoms with Crippen molar-refractivity contribution in [1.82, 2.24) is 0 Å². The summed E-state index contributed by atoms with van der Waals surface area (Å²) in [6.07, 6.45) is 2.34. The molecule has 190 valence electrons. The lowest BCUT2D eigenvalue weighted by Crippen LogP contribution is -3.00. The van der Waals surface area contributed by atoms with Gasteiger partial charge in [0, 0.05) is 17.5 Å². The summed E-state index contributed by atoms with van der Waals surface area (Å²) in [4.78, 5) is 0. The van der Waals surface area contributed by atoms with Crippen LogP contribution in [0.15, 0.2) is 36.4 Å². The molecule has 0 aliphatic carbocycles. The van der Waals surface area contributed by atoms with Crippen LogP contribution in [0.1, 0.15) is 125 Å². The molecule has 0 fully saturated rings. The van der Waals surface area contributed by atoms with Gasteiger partial charge in [-0.25, -0.2) is 0 Å². The molecule has 0 saturated carbocycles. The van der Waals surface area contributed by atoms with Crippen molar-refractivity contribution in [2.24, 2.45) is 0 Å². The predicted octanol–water partition coefficient (Wildman–Crippen LogP) is 5.92. The Hall–Kier alpha value is -1.10. The van der Waals surface area contributed by atoms with Gasteiger partial charge in [-0.15, -0.1) is 0 Å². The third-order valence-corrected chi connectivity index (χ3v) is 8.90. The third-order valence-electron chi connectivity index (χ3n) is 6.46. The largest absolute Gasteiger partial charge is 1.00 e. The quantitative estimate of drug-likeness (QED) is 0.457. The normalized spacial score (nSPS) is 12.9. The Labute approximate surface area is 219 Å². The first kappa shape index (κ1) is 30.9. The van der Waals surface area contributed by atoms with Gasteiger partial charge in [-0.2, -0.15) is 0 Å². The number of unbranched alkanes of at least 4 members (excludes halogenated alkanes) is 1. The summed E-state index contributed by atoms with van der Waals surface area (Å²) in [5.74, 6) is 2.64. The monoisotopic (exact) mass is 500 g/mol. The fraction of sp³-hybridized carbons (Fsp3) is 0.594. The fourth-order valence-corrected chi connectivity index (χ4v) is 7.17. The molecule has 0 spiro atoms. The van der Waals surface area contributed by atoms with Crippen LogP contribution in [0.4, 0.5) is 0 Å². The minimum absolute atomic E-state index is 0. The van der Waals surface area contributed by atoms with Crippen LogP contribution in [0.5, 0.6) is 0 Å². The first-order valence-electron chi connectivity index (χ1n) is 12.8. The molecule has 2 rings (SSSR count). The molecule has 0 amide bonds. The highest BCUT2D eigenvalue weighted by Crippen LogP contribution is 2.37. The van der Waals surface area contributed by atoms with E-state index in [4.69, 9.17) is 0 Å². The van der Waals surface area contributed by atoms with Crippen LogP contribution >= 0.6 is 7.55 Å². The second-order valence-electron chi connectivity index (χ2n) is 13.8. The van der Waals surface area contributed by atoms with Crippen molar-refractivity contribution in [2.45, 2.75) is 125 Å². The van der Waals surface area contributed by atoms with Crippen molar-refractivity contribution in [2.75, 3.05) is 0 Å². The maximum atomic E-state index is 2.64. The van der Waals surface area contributed by atoms with Crippen LogP contribution < -0.4 is 23.0 Å². The number of hydrogen-bond acceptors (Lipinski definition) is 0. The van der Waals surface area contributed by atoms with E-state index < -0.39 is 7.55 Å². The Balaban J connectivity index is 0.00000578. The molecular weight excluding hydrogens is 451 g/mol. The summed E-state index contributed by atoms with van der Waals surface area (Å²) in [6, 6.07) is 14.7. The highest BCUT2D eigenvalue weighted by molar-refractivity contribution is 7.72. The van der Waals surface area contributed by atoms with Gasteiger partial charge in [0.15, 0.2) is 18.2 Å². The molecule has 0 aliphatic heterocycles. The molecule has 0 saturated heterocycles. The molecule has 0 radical (unpaired) electrons. The molecule has 2 aromatic carbocycles. The first-order chi connectivity index (χ1) is 14.9. The number of halogens is 1. The van der Waals surface area contributed by atoms with Crippen molar-refractivity contribution < 1.29 is 12.4 Å². The standard InChI is InChI=1S/C32H50P.ClH/c1-14-15-20-33(27-18-16-23(29(2,3)4)21-25(27)31(8,9)10)28-19-17-24(30(5,6)7)22-26(28)32(11,12)13;/h16-22H,14-15H2,1-13H3;1H/q+1;/p-1. The lowest BCUT2D eigenvalue weighted by molar-refractivity contribution is -0.00000864. The lowest BCUT2D eigenvalue weighted by atomic mass is 9.80. The summed E-state index contributed by atoms with van der Waals surface area (Å²) < 4.78 is 0. The summed E-state index contributed by atoms with van der Waals surface area (Å²) in [5.41, 5.74) is 6.39. The highest BCUT2D eigenvalue weighted by Gasteiger charge is 2.34. The van der Waals surface area contributed by atoms with E-state index in [2.05, 4.69) is 132 Å². The van der Waals surface area contributed by atoms with E-state index in [9.17, 15) is 0 Å². The summed E-state index contributed by atoms with van der Waals surface area (Å²) in [6.45, 7) is 30.5. The Morgan fingerprint density at radius 1 is 0.588 bits per heavy atom. The van der Waals surface area contributed by atoms with Crippen molar-refractivity contribution in [1.29, 1.82) is 0 Å². The number of benzene rings is 2. The van der Waals surface area contributed by atoms with Crippen molar-refractivity contribution >= 4 is 24.0 Å². The van der Waals surface area contributed by atoms with Gasteiger partial charge in [-0.3, -0.25) is 0 Å². The predicted molar refractivity (Wildman–Crippen MR) is 155 cm³/mol. The maximum absolute atomic E-state index is 2.64. The van der Waals surface area contributed by atoms with E-state index >= 15 is 0 Å². The molecule has 0 bridgehead atoms. The number of rotatable bonds is 4. The van der Waals surface area contributed by atoms with Crippen molar-refractivity contribution in [3.63, 3.8) is 0 Å². The topological polar surface area (TPSA) is 0 Å². The molecule has 0 heterocycles. The second kappa shape index (κ2) is 10.9. The molecule has 0 unspecified atom stereocenters. The summed E-state index contributed by atoms with van der Waals surface area (Å²) in [5, 5.41) is 3.07. The molecule has 0 nitrogen and oxygen atoms in total. The number of hydrogen-bond donors (Lipinski definition) is 0. The van der Waals surface area contributed by atoms with Gasteiger partial charge in [0.2, 0.25) is 0 Å². The van der Waals surface area contributed by atoms with E-state index in [1.807, 2.05) is 0 Å². The van der Waals surface area contributed by atoms with E-state index in [-0.39, 0.29) is 34.1 Å². The first-order valence-corrected chi connectivity index (χ1v) is 14.2. The summed E-state index contributed by atoms with van der Waals surface area (Å²) in [7, 11) is -0.548. The smallest absolute Gasteiger partial charge is 0.166 e. The van der Waals surface area contributed by atoms with Crippen LogP contribution in [0.3, 0.4) is 0 Å².